The molecule has 3 aliphatic heterocycles. The maximum atomic E-state index is 13.8. The molecule has 1 atom stereocenters. The van der Waals surface area contributed by atoms with E-state index in [1.54, 1.807) is 4.90 Å². The Morgan fingerprint density at radius 3 is 1.95 bits per heavy atom. The Morgan fingerprint density at radius 2 is 1.40 bits per heavy atom. The molecule has 6 nitrogen and oxygen atoms in total. The van der Waals surface area contributed by atoms with Gasteiger partial charge in [-0.3, -0.25) is 0 Å². The molecule has 3 aliphatic rings. The SMILES string of the molecule is O=C1NC(COCc2cc(C(F)(F)F)cc(C(F)(F)F)c2)(c2ccc(F)cc2)CN1C1CCN(CCN2CCCC2)CC1. The maximum absolute atomic E-state index is 13.8. The first-order chi connectivity index (χ1) is 20.3. The van der Waals surface area contributed by atoms with Crippen LogP contribution in [0, 0.1) is 5.82 Å². The molecule has 2 aromatic rings. The fraction of sp³-hybridized carbons (Fsp3) is 0.567. The Bertz CT molecular complexity index is 1220. The molecule has 3 saturated heterocycles. The Balaban J connectivity index is 1.27. The largest absolute Gasteiger partial charge is 0.416 e. The molecule has 236 valence electrons. The van der Waals surface area contributed by atoms with Gasteiger partial charge in [-0.25, -0.2) is 9.18 Å². The molecule has 3 heterocycles. The lowest BCUT2D eigenvalue weighted by Crippen LogP contribution is -2.47. The number of rotatable bonds is 9. The van der Waals surface area contributed by atoms with Crippen molar-refractivity contribution in [3.8, 4) is 0 Å². The predicted molar refractivity (Wildman–Crippen MR) is 145 cm³/mol. The van der Waals surface area contributed by atoms with E-state index in [0.29, 0.717) is 17.7 Å². The van der Waals surface area contributed by atoms with Crippen molar-refractivity contribution in [2.75, 3.05) is 52.4 Å². The highest BCUT2D eigenvalue weighted by Gasteiger charge is 2.47. The number of amides is 2. The predicted octanol–water partition coefficient (Wildman–Crippen LogP) is 5.86. The van der Waals surface area contributed by atoms with Crippen LogP contribution in [0.15, 0.2) is 42.5 Å². The highest BCUT2D eigenvalue weighted by atomic mass is 19.4. The van der Waals surface area contributed by atoms with E-state index in [0.717, 1.165) is 52.1 Å². The number of urea groups is 1. The summed E-state index contributed by atoms with van der Waals surface area (Å²) in [6.45, 7) is 5.29. The first-order valence-electron chi connectivity index (χ1n) is 14.5. The van der Waals surface area contributed by atoms with Crippen molar-refractivity contribution >= 4 is 6.03 Å². The number of hydrogen-bond acceptors (Lipinski definition) is 4. The number of piperidine rings is 1. The summed E-state index contributed by atoms with van der Waals surface area (Å²) in [4.78, 5) is 19.8. The summed E-state index contributed by atoms with van der Waals surface area (Å²) in [6, 6.07) is 6.36. The second-order valence-electron chi connectivity index (χ2n) is 11.7. The first kappa shape index (κ1) is 31.5. The third kappa shape index (κ3) is 7.61. The van der Waals surface area contributed by atoms with Gasteiger partial charge in [-0.15, -0.1) is 0 Å². The van der Waals surface area contributed by atoms with Crippen LogP contribution in [-0.4, -0.2) is 79.2 Å². The van der Waals surface area contributed by atoms with Crippen LogP contribution in [0.2, 0.25) is 0 Å². The Morgan fingerprint density at radius 1 is 0.837 bits per heavy atom. The number of alkyl halides is 6. The molecule has 0 radical (unpaired) electrons. The molecule has 5 rings (SSSR count). The van der Waals surface area contributed by atoms with E-state index >= 15 is 0 Å². The monoisotopic (exact) mass is 616 g/mol. The zero-order chi connectivity index (χ0) is 30.8. The first-order valence-corrected chi connectivity index (χ1v) is 14.5. The Labute approximate surface area is 245 Å². The fourth-order valence-corrected chi connectivity index (χ4v) is 6.26. The van der Waals surface area contributed by atoms with Crippen LogP contribution in [0.1, 0.15) is 47.9 Å². The average Bonchev–Trinajstić information content (AvgIpc) is 3.60. The van der Waals surface area contributed by atoms with Crippen LogP contribution in [0.3, 0.4) is 0 Å². The second kappa shape index (κ2) is 12.6. The lowest BCUT2D eigenvalue weighted by atomic mass is 9.90. The van der Waals surface area contributed by atoms with E-state index in [4.69, 9.17) is 4.74 Å². The number of carbonyl (C=O) groups excluding carboxylic acids is 1. The number of nitrogens with zero attached hydrogens (tertiary/aromatic N) is 3. The van der Waals surface area contributed by atoms with E-state index in [1.165, 1.54) is 37.1 Å². The smallest absolute Gasteiger partial charge is 0.374 e. The molecule has 13 heteroatoms. The number of benzene rings is 2. The molecule has 0 aliphatic carbocycles. The highest BCUT2D eigenvalue weighted by molar-refractivity contribution is 5.79. The zero-order valence-corrected chi connectivity index (χ0v) is 23.6. The second-order valence-corrected chi connectivity index (χ2v) is 11.7. The molecule has 2 amide bonds. The van der Waals surface area contributed by atoms with Crippen molar-refractivity contribution in [1.82, 2.24) is 20.0 Å². The molecule has 1 N–H and O–H groups in total. The molecule has 43 heavy (non-hydrogen) atoms. The Kier molecular flexibility index (Phi) is 9.24. The minimum Gasteiger partial charge on any atom is -0.374 e. The molecular formula is C30H35F7N4O2. The normalized spacial score (nSPS) is 22.9. The zero-order valence-electron chi connectivity index (χ0n) is 23.6. The Hall–Kier alpha value is -2.90. The van der Waals surface area contributed by atoms with Gasteiger partial charge in [0.15, 0.2) is 0 Å². The third-order valence-corrected chi connectivity index (χ3v) is 8.64. The van der Waals surface area contributed by atoms with Gasteiger partial charge in [-0.1, -0.05) is 12.1 Å². The van der Waals surface area contributed by atoms with Gasteiger partial charge in [0.05, 0.1) is 30.9 Å². The van der Waals surface area contributed by atoms with Crippen LogP contribution in [0.25, 0.3) is 0 Å². The maximum Gasteiger partial charge on any atom is 0.416 e. The van der Waals surface area contributed by atoms with Gasteiger partial charge in [0.25, 0.3) is 0 Å². The molecule has 0 spiro atoms. The summed E-state index contributed by atoms with van der Waals surface area (Å²) < 4.78 is 99.4. The standard InChI is InChI=1S/C30H35F7N4O2/c31-25-5-3-22(4-6-25)28(20-43-18-21-15-23(29(32,33)34)17-24(16-21)30(35,36)37)19-41(27(42)38-28)26-7-11-40(12-8-26)14-13-39-9-1-2-10-39/h3-6,15-17,26H,1-2,7-14,18-20H2,(H,38,42). The van der Waals surface area contributed by atoms with E-state index in [2.05, 4.69) is 15.1 Å². The van der Waals surface area contributed by atoms with Crippen molar-refractivity contribution < 1.29 is 40.3 Å². The summed E-state index contributed by atoms with van der Waals surface area (Å²) in [5.41, 5.74) is -3.82. The fourth-order valence-electron chi connectivity index (χ4n) is 6.26. The molecular weight excluding hydrogens is 581 g/mol. The molecule has 0 aromatic heterocycles. The van der Waals surface area contributed by atoms with Crippen LogP contribution in [0.4, 0.5) is 35.5 Å². The number of likely N-dealkylation sites (tertiary alicyclic amines) is 2. The molecule has 1 unspecified atom stereocenters. The summed E-state index contributed by atoms with van der Waals surface area (Å²) in [5.74, 6) is -0.494. The van der Waals surface area contributed by atoms with Crippen molar-refractivity contribution in [3.63, 3.8) is 0 Å². The van der Waals surface area contributed by atoms with E-state index in [1.807, 2.05) is 0 Å². The minimum absolute atomic E-state index is 0.0526. The van der Waals surface area contributed by atoms with Gasteiger partial charge in [0.1, 0.15) is 11.4 Å². The number of carbonyl (C=O) groups is 1. The van der Waals surface area contributed by atoms with Crippen LogP contribution < -0.4 is 5.32 Å². The number of ether oxygens (including phenoxy) is 1. The van der Waals surface area contributed by atoms with Crippen molar-refractivity contribution in [3.05, 3.63) is 70.5 Å². The highest BCUT2D eigenvalue weighted by Crippen LogP contribution is 2.37. The summed E-state index contributed by atoms with van der Waals surface area (Å²) in [6.07, 6.45) is -5.96. The molecule has 0 saturated carbocycles. The van der Waals surface area contributed by atoms with Gasteiger partial charge < -0.3 is 24.8 Å². The number of halogens is 7. The van der Waals surface area contributed by atoms with Gasteiger partial charge in [0, 0.05) is 32.2 Å². The average molecular weight is 617 g/mol. The summed E-state index contributed by atoms with van der Waals surface area (Å²) in [7, 11) is 0. The van der Waals surface area contributed by atoms with Gasteiger partial charge >= 0.3 is 18.4 Å². The van der Waals surface area contributed by atoms with Crippen LogP contribution in [0.5, 0.6) is 0 Å². The van der Waals surface area contributed by atoms with E-state index in [9.17, 15) is 35.5 Å². The lowest BCUT2D eigenvalue weighted by Gasteiger charge is -2.37. The topological polar surface area (TPSA) is 48.1 Å². The summed E-state index contributed by atoms with van der Waals surface area (Å²) >= 11 is 0. The quantitative estimate of drug-likeness (QED) is 0.359. The van der Waals surface area contributed by atoms with Crippen molar-refractivity contribution in [2.24, 2.45) is 0 Å². The van der Waals surface area contributed by atoms with Gasteiger partial charge in [0.2, 0.25) is 0 Å². The van der Waals surface area contributed by atoms with Crippen LogP contribution >= 0.6 is 0 Å². The molecule has 2 aromatic carbocycles. The lowest BCUT2D eigenvalue weighted by molar-refractivity contribution is -0.143. The van der Waals surface area contributed by atoms with Gasteiger partial charge in [-0.05, 0) is 80.2 Å². The number of nitrogens with one attached hydrogen (secondary N) is 1. The van der Waals surface area contributed by atoms with Gasteiger partial charge in [-0.2, -0.15) is 26.3 Å². The summed E-state index contributed by atoms with van der Waals surface area (Å²) in [5, 5.41) is 2.94. The van der Waals surface area contributed by atoms with E-state index in [-0.39, 0.29) is 36.9 Å². The third-order valence-electron chi connectivity index (χ3n) is 8.64. The number of hydrogen-bond donors (Lipinski definition) is 1. The minimum atomic E-state index is -4.98. The molecule has 0 bridgehead atoms. The molecule has 3 fully saturated rings. The van der Waals surface area contributed by atoms with E-state index < -0.39 is 41.4 Å². The van der Waals surface area contributed by atoms with Crippen molar-refractivity contribution in [2.45, 2.75) is 56.2 Å². The van der Waals surface area contributed by atoms with Crippen molar-refractivity contribution in [1.29, 1.82) is 0 Å². The van der Waals surface area contributed by atoms with Crippen LogP contribution in [-0.2, 0) is 29.2 Å².